The number of hydrogen-bond donors (Lipinski definition) is 0. The van der Waals surface area contributed by atoms with Crippen LogP contribution < -0.4 is 0 Å². The molecule has 0 aromatic heterocycles. The van der Waals surface area contributed by atoms with Crippen molar-refractivity contribution in [2.24, 2.45) is 10.1 Å². The van der Waals surface area contributed by atoms with E-state index in [9.17, 15) is 14.0 Å². The Morgan fingerprint density at radius 1 is 1.55 bits per heavy atom. The van der Waals surface area contributed by atoms with Crippen LogP contribution in [0.1, 0.15) is 12.0 Å². The number of isocyanates is 1. The fraction of sp³-hybridized carbons (Fsp3) is 0.308. The predicted molar refractivity (Wildman–Crippen MR) is 73.2 cm³/mol. The van der Waals surface area contributed by atoms with Crippen LogP contribution in [0.15, 0.2) is 22.3 Å². The van der Waals surface area contributed by atoms with Crippen molar-refractivity contribution in [1.29, 1.82) is 0 Å². The third-order valence-corrected chi connectivity index (χ3v) is 3.36. The van der Waals surface area contributed by atoms with Gasteiger partial charge in [-0.25, -0.2) is 14.0 Å². The minimum Gasteiger partial charge on any atom is -0.464 e. The summed E-state index contributed by atoms with van der Waals surface area (Å²) in [6.07, 6.45) is 1.13. The monoisotopic (exact) mass is 328 g/mol. The normalized spacial score (nSPS) is 19.9. The molecule has 0 saturated heterocycles. The lowest BCUT2D eigenvalue weighted by Crippen LogP contribution is -2.41. The van der Waals surface area contributed by atoms with E-state index in [4.69, 9.17) is 21.2 Å². The highest BCUT2D eigenvalue weighted by molar-refractivity contribution is 6.34. The fourth-order valence-electron chi connectivity index (χ4n) is 1.91. The van der Waals surface area contributed by atoms with Crippen molar-refractivity contribution in [3.8, 4) is 0 Å². The first kappa shape index (κ1) is 16.1. The van der Waals surface area contributed by atoms with E-state index in [1.807, 2.05) is 0 Å². The maximum Gasteiger partial charge on any atom is 0.382 e. The van der Waals surface area contributed by atoms with Crippen molar-refractivity contribution in [1.82, 2.24) is 0 Å². The summed E-state index contributed by atoms with van der Waals surface area (Å²) < 4.78 is 23.2. The first-order chi connectivity index (χ1) is 10.5. The molecule has 0 amide bonds. The number of benzene rings is 1. The maximum absolute atomic E-state index is 13.6. The van der Waals surface area contributed by atoms with Crippen LogP contribution in [0.3, 0.4) is 0 Å². The van der Waals surface area contributed by atoms with Gasteiger partial charge in [-0.1, -0.05) is 16.8 Å². The summed E-state index contributed by atoms with van der Waals surface area (Å²) in [4.78, 5) is 30.3. The van der Waals surface area contributed by atoms with Gasteiger partial charge in [0.05, 0.1) is 24.3 Å². The highest BCUT2D eigenvalue weighted by atomic mass is 35.5. The van der Waals surface area contributed by atoms with Gasteiger partial charge in [0, 0.05) is 12.7 Å². The summed E-state index contributed by atoms with van der Waals surface area (Å²) in [7, 11) is 2.43. The Labute approximate surface area is 129 Å². The third-order valence-electron chi connectivity index (χ3n) is 3.04. The first-order valence-corrected chi connectivity index (χ1v) is 6.31. The number of carbonyl (C=O) groups excluding carboxylic acids is 2. The molecular weight excluding hydrogens is 319 g/mol. The summed E-state index contributed by atoms with van der Waals surface area (Å²) in [5.74, 6) is -3.30. The Bertz CT molecular complexity index is 702. The van der Waals surface area contributed by atoms with E-state index >= 15 is 0 Å². The SMILES string of the molecule is COC(=O)C1(OC)CC(c2cc(N=C=O)c(F)cc2Cl)=NO1. The van der Waals surface area contributed by atoms with Crippen LogP contribution in [0.5, 0.6) is 0 Å². The van der Waals surface area contributed by atoms with Gasteiger partial charge in [0.2, 0.25) is 6.08 Å². The van der Waals surface area contributed by atoms with Crippen LogP contribution in [-0.4, -0.2) is 37.8 Å². The minimum atomic E-state index is -1.73. The Morgan fingerprint density at radius 3 is 2.86 bits per heavy atom. The van der Waals surface area contributed by atoms with E-state index < -0.39 is 17.6 Å². The summed E-state index contributed by atoms with van der Waals surface area (Å²) in [6, 6.07) is 2.17. The van der Waals surface area contributed by atoms with Gasteiger partial charge >= 0.3 is 11.8 Å². The van der Waals surface area contributed by atoms with Gasteiger partial charge in [0.15, 0.2) is 5.82 Å². The molecule has 1 atom stereocenters. The Morgan fingerprint density at radius 2 is 2.27 bits per heavy atom. The molecule has 1 aromatic carbocycles. The minimum absolute atomic E-state index is 0.0152. The smallest absolute Gasteiger partial charge is 0.382 e. The molecule has 0 spiro atoms. The highest BCUT2D eigenvalue weighted by Crippen LogP contribution is 2.33. The molecule has 0 fully saturated rings. The number of nitrogens with zero attached hydrogens (tertiary/aromatic N) is 2. The van der Waals surface area contributed by atoms with Gasteiger partial charge in [-0.3, -0.25) is 0 Å². The number of halogens is 2. The molecule has 7 nitrogen and oxygen atoms in total. The molecule has 1 aliphatic heterocycles. The lowest BCUT2D eigenvalue weighted by Gasteiger charge is -2.21. The average Bonchev–Trinajstić information content (AvgIpc) is 2.95. The molecule has 22 heavy (non-hydrogen) atoms. The molecule has 116 valence electrons. The van der Waals surface area contributed by atoms with Gasteiger partial charge < -0.3 is 14.3 Å². The van der Waals surface area contributed by atoms with Crippen molar-refractivity contribution < 1.29 is 28.3 Å². The van der Waals surface area contributed by atoms with E-state index in [0.29, 0.717) is 0 Å². The second-order valence-corrected chi connectivity index (χ2v) is 4.65. The standard InChI is InChI=1S/C13H10ClFN2O5/c1-20-12(19)13(21-2)5-11(17-22-13)7-3-10(16-6-18)9(15)4-8(7)14/h3-4H,5H2,1-2H3. The summed E-state index contributed by atoms with van der Waals surface area (Å²) in [6.45, 7) is 0. The van der Waals surface area contributed by atoms with Crippen LogP contribution in [0.25, 0.3) is 0 Å². The van der Waals surface area contributed by atoms with Crippen molar-refractivity contribution in [3.05, 3.63) is 28.5 Å². The lowest BCUT2D eigenvalue weighted by molar-refractivity contribution is -0.227. The summed E-state index contributed by atoms with van der Waals surface area (Å²) in [5.41, 5.74) is 0.213. The topological polar surface area (TPSA) is 86.6 Å². The Balaban J connectivity index is 2.40. The number of esters is 1. The zero-order valence-corrected chi connectivity index (χ0v) is 12.3. The summed E-state index contributed by atoms with van der Waals surface area (Å²) >= 11 is 5.96. The number of aliphatic imine (C=N–C) groups is 1. The number of ether oxygens (including phenoxy) is 2. The van der Waals surface area contributed by atoms with Crippen molar-refractivity contribution in [3.63, 3.8) is 0 Å². The Hall–Kier alpha value is -2.28. The van der Waals surface area contributed by atoms with E-state index in [2.05, 4.69) is 14.9 Å². The third kappa shape index (κ3) is 2.71. The van der Waals surface area contributed by atoms with Crippen LogP contribution in [0.2, 0.25) is 5.02 Å². The molecule has 0 N–H and O–H groups in total. The molecule has 0 saturated carbocycles. The van der Waals surface area contributed by atoms with Gasteiger partial charge in [0.1, 0.15) is 5.69 Å². The number of rotatable bonds is 4. The second kappa shape index (κ2) is 6.23. The fourth-order valence-corrected chi connectivity index (χ4v) is 2.17. The number of oxime groups is 1. The van der Waals surface area contributed by atoms with Crippen LogP contribution in [0, 0.1) is 5.82 Å². The van der Waals surface area contributed by atoms with Crippen molar-refractivity contribution >= 4 is 35.0 Å². The quantitative estimate of drug-likeness (QED) is 0.480. The van der Waals surface area contributed by atoms with Crippen molar-refractivity contribution in [2.45, 2.75) is 12.2 Å². The molecule has 2 rings (SSSR count). The highest BCUT2D eigenvalue weighted by Gasteiger charge is 2.49. The molecule has 0 aliphatic carbocycles. The molecular formula is C13H10ClFN2O5. The average molecular weight is 329 g/mol. The first-order valence-electron chi connectivity index (χ1n) is 5.93. The van der Waals surface area contributed by atoms with E-state index in [-0.39, 0.29) is 28.4 Å². The van der Waals surface area contributed by atoms with Crippen LogP contribution in [0.4, 0.5) is 10.1 Å². The molecule has 0 bridgehead atoms. The molecule has 1 aliphatic rings. The maximum atomic E-state index is 13.6. The van der Waals surface area contributed by atoms with Crippen molar-refractivity contribution in [2.75, 3.05) is 14.2 Å². The predicted octanol–water partition coefficient (Wildman–Crippen LogP) is 2.09. The molecule has 9 heteroatoms. The van der Waals surface area contributed by atoms with E-state index in [1.165, 1.54) is 26.4 Å². The zero-order chi connectivity index (χ0) is 16.3. The zero-order valence-electron chi connectivity index (χ0n) is 11.6. The molecule has 1 heterocycles. The van der Waals surface area contributed by atoms with E-state index in [1.54, 1.807) is 0 Å². The van der Waals surface area contributed by atoms with Crippen LogP contribution in [-0.2, 0) is 23.9 Å². The Kier molecular flexibility index (Phi) is 4.56. The van der Waals surface area contributed by atoms with Gasteiger partial charge in [-0.2, -0.15) is 4.99 Å². The molecule has 1 unspecified atom stereocenters. The lowest BCUT2D eigenvalue weighted by atomic mass is 10.0. The number of methoxy groups -OCH3 is 2. The molecule has 0 radical (unpaired) electrons. The largest absolute Gasteiger partial charge is 0.464 e. The van der Waals surface area contributed by atoms with Gasteiger partial charge in [0.25, 0.3) is 0 Å². The number of carbonyl (C=O) groups is 1. The second-order valence-electron chi connectivity index (χ2n) is 4.24. The molecule has 1 aromatic rings. The van der Waals surface area contributed by atoms with Gasteiger partial charge in [-0.15, -0.1) is 0 Å². The van der Waals surface area contributed by atoms with E-state index in [0.717, 1.165) is 6.07 Å². The van der Waals surface area contributed by atoms with Crippen LogP contribution >= 0.6 is 11.6 Å². The summed E-state index contributed by atoms with van der Waals surface area (Å²) in [5, 5.41) is 3.75. The van der Waals surface area contributed by atoms with Gasteiger partial charge in [-0.05, 0) is 12.1 Å². The number of hydrogen-bond acceptors (Lipinski definition) is 7.